The van der Waals surface area contributed by atoms with Crippen molar-refractivity contribution in [3.63, 3.8) is 0 Å². The van der Waals surface area contributed by atoms with Crippen molar-refractivity contribution in [1.29, 1.82) is 0 Å². The highest BCUT2D eigenvalue weighted by Crippen LogP contribution is 2.39. The summed E-state index contributed by atoms with van der Waals surface area (Å²) in [5, 5.41) is 3.58. The number of likely N-dealkylation sites (N-methyl/N-ethyl adjacent to an activating group) is 1. The zero-order valence-corrected chi connectivity index (χ0v) is 12.0. The molecule has 2 unspecified atom stereocenters. The van der Waals surface area contributed by atoms with Gasteiger partial charge in [-0.15, -0.1) is 0 Å². The van der Waals surface area contributed by atoms with Crippen molar-refractivity contribution in [1.82, 2.24) is 20.3 Å². The first-order valence-electron chi connectivity index (χ1n) is 7.26. The van der Waals surface area contributed by atoms with E-state index in [2.05, 4.69) is 33.3 Å². The molecule has 0 spiro atoms. The van der Waals surface area contributed by atoms with Gasteiger partial charge in [-0.2, -0.15) is 0 Å². The monoisotopic (exact) mass is 268 g/mol. The predicted molar refractivity (Wildman–Crippen MR) is 78.5 cm³/mol. The SMILES string of the molecule is CCNC(c1ccnc(C)n1)C1CCc2cccnc21. The molecule has 3 rings (SSSR count). The first-order valence-corrected chi connectivity index (χ1v) is 7.26. The molecule has 4 nitrogen and oxygen atoms in total. The highest BCUT2D eigenvalue weighted by molar-refractivity contribution is 5.31. The molecular weight excluding hydrogens is 248 g/mol. The Labute approximate surface area is 119 Å². The Morgan fingerprint density at radius 3 is 3.00 bits per heavy atom. The van der Waals surface area contributed by atoms with Gasteiger partial charge in [-0.05, 0) is 44.0 Å². The van der Waals surface area contributed by atoms with E-state index in [0.29, 0.717) is 5.92 Å². The van der Waals surface area contributed by atoms with Gasteiger partial charge in [-0.1, -0.05) is 13.0 Å². The van der Waals surface area contributed by atoms with Crippen LogP contribution in [-0.2, 0) is 6.42 Å². The van der Waals surface area contributed by atoms with Crippen LogP contribution in [0.3, 0.4) is 0 Å². The predicted octanol–water partition coefficient (Wildman–Crippen LogP) is 2.56. The Balaban J connectivity index is 1.96. The van der Waals surface area contributed by atoms with E-state index in [4.69, 9.17) is 0 Å². The van der Waals surface area contributed by atoms with E-state index >= 15 is 0 Å². The molecule has 1 aliphatic rings. The average Bonchev–Trinajstić information content (AvgIpc) is 2.88. The smallest absolute Gasteiger partial charge is 0.125 e. The number of aromatic nitrogens is 3. The number of hydrogen-bond acceptors (Lipinski definition) is 4. The largest absolute Gasteiger partial charge is 0.308 e. The lowest BCUT2D eigenvalue weighted by Crippen LogP contribution is -2.27. The number of nitrogens with one attached hydrogen (secondary N) is 1. The zero-order valence-electron chi connectivity index (χ0n) is 12.0. The van der Waals surface area contributed by atoms with Crippen LogP contribution in [0.2, 0.25) is 0 Å². The fourth-order valence-electron chi connectivity index (χ4n) is 3.09. The van der Waals surface area contributed by atoms with Gasteiger partial charge in [0, 0.05) is 24.0 Å². The number of aryl methyl sites for hydroxylation is 2. The van der Waals surface area contributed by atoms with E-state index in [9.17, 15) is 0 Å². The molecule has 20 heavy (non-hydrogen) atoms. The van der Waals surface area contributed by atoms with Crippen LogP contribution >= 0.6 is 0 Å². The van der Waals surface area contributed by atoms with Crippen LogP contribution in [0.25, 0.3) is 0 Å². The maximum Gasteiger partial charge on any atom is 0.125 e. The molecule has 0 fully saturated rings. The molecule has 0 saturated carbocycles. The normalized spacial score (nSPS) is 18.8. The molecule has 0 bridgehead atoms. The average molecular weight is 268 g/mol. The molecule has 0 saturated heterocycles. The molecule has 4 heteroatoms. The molecule has 0 amide bonds. The molecule has 2 aromatic rings. The van der Waals surface area contributed by atoms with Gasteiger partial charge >= 0.3 is 0 Å². The topological polar surface area (TPSA) is 50.7 Å². The van der Waals surface area contributed by atoms with Crippen LogP contribution in [-0.4, -0.2) is 21.5 Å². The third-order valence-electron chi connectivity index (χ3n) is 3.94. The Kier molecular flexibility index (Phi) is 3.74. The van der Waals surface area contributed by atoms with Crippen molar-refractivity contribution in [2.45, 2.75) is 38.6 Å². The highest BCUT2D eigenvalue weighted by atomic mass is 15.0. The van der Waals surface area contributed by atoms with Crippen LogP contribution in [0.15, 0.2) is 30.6 Å². The van der Waals surface area contributed by atoms with Crippen LogP contribution < -0.4 is 5.32 Å². The minimum absolute atomic E-state index is 0.220. The maximum atomic E-state index is 4.61. The van der Waals surface area contributed by atoms with E-state index in [0.717, 1.165) is 30.9 Å². The minimum Gasteiger partial charge on any atom is -0.308 e. The van der Waals surface area contributed by atoms with E-state index < -0.39 is 0 Å². The lowest BCUT2D eigenvalue weighted by Gasteiger charge is -2.24. The summed E-state index contributed by atoms with van der Waals surface area (Å²) in [4.78, 5) is 13.4. The Hall–Kier alpha value is -1.81. The van der Waals surface area contributed by atoms with Gasteiger partial charge in [0.05, 0.1) is 11.7 Å². The number of rotatable bonds is 4. The number of fused-ring (bicyclic) bond motifs is 1. The molecular formula is C16H20N4. The molecule has 0 radical (unpaired) electrons. The molecule has 2 heterocycles. The molecule has 1 aliphatic carbocycles. The summed E-state index contributed by atoms with van der Waals surface area (Å²) in [6, 6.07) is 6.45. The summed E-state index contributed by atoms with van der Waals surface area (Å²) in [6.07, 6.45) is 5.98. The van der Waals surface area contributed by atoms with Gasteiger partial charge in [-0.25, -0.2) is 9.97 Å². The van der Waals surface area contributed by atoms with Crippen LogP contribution in [0.4, 0.5) is 0 Å². The Bertz CT molecular complexity index is 597. The molecule has 2 aromatic heterocycles. The van der Waals surface area contributed by atoms with E-state index in [1.807, 2.05) is 31.5 Å². The quantitative estimate of drug-likeness (QED) is 0.926. The van der Waals surface area contributed by atoms with Gasteiger partial charge in [0.2, 0.25) is 0 Å². The molecule has 0 aromatic carbocycles. The first-order chi connectivity index (χ1) is 9.79. The van der Waals surface area contributed by atoms with Crippen molar-refractivity contribution in [2.24, 2.45) is 0 Å². The van der Waals surface area contributed by atoms with E-state index in [1.165, 1.54) is 11.3 Å². The van der Waals surface area contributed by atoms with Crippen molar-refractivity contribution in [3.05, 3.63) is 53.4 Å². The summed E-state index contributed by atoms with van der Waals surface area (Å²) in [5.41, 5.74) is 3.68. The van der Waals surface area contributed by atoms with Gasteiger partial charge in [-0.3, -0.25) is 4.98 Å². The summed E-state index contributed by atoms with van der Waals surface area (Å²) in [7, 11) is 0. The third kappa shape index (κ3) is 2.43. The second kappa shape index (κ2) is 5.67. The number of nitrogens with zero attached hydrogens (tertiary/aromatic N) is 3. The zero-order chi connectivity index (χ0) is 13.9. The fraction of sp³-hybridized carbons (Fsp3) is 0.438. The number of hydrogen-bond donors (Lipinski definition) is 1. The Morgan fingerprint density at radius 2 is 2.20 bits per heavy atom. The van der Waals surface area contributed by atoms with Gasteiger partial charge < -0.3 is 5.32 Å². The summed E-state index contributed by atoms with van der Waals surface area (Å²) >= 11 is 0. The minimum atomic E-state index is 0.220. The summed E-state index contributed by atoms with van der Waals surface area (Å²) < 4.78 is 0. The van der Waals surface area contributed by atoms with Crippen molar-refractivity contribution >= 4 is 0 Å². The highest BCUT2D eigenvalue weighted by Gasteiger charge is 2.32. The summed E-state index contributed by atoms with van der Waals surface area (Å²) in [6.45, 7) is 5.00. The Morgan fingerprint density at radius 1 is 1.30 bits per heavy atom. The molecule has 0 aliphatic heterocycles. The lowest BCUT2D eigenvalue weighted by molar-refractivity contribution is 0.437. The fourth-order valence-corrected chi connectivity index (χ4v) is 3.09. The van der Waals surface area contributed by atoms with Crippen LogP contribution in [0.5, 0.6) is 0 Å². The van der Waals surface area contributed by atoms with Crippen molar-refractivity contribution in [2.75, 3.05) is 6.54 Å². The maximum absolute atomic E-state index is 4.61. The first kappa shape index (κ1) is 13.2. The van der Waals surface area contributed by atoms with Crippen LogP contribution in [0, 0.1) is 6.92 Å². The molecule has 104 valence electrons. The van der Waals surface area contributed by atoms with Crippen molar-refractivity contribution in [3.8, 4) is 0 Å². The number of pyridine rings is 1. The summed E-state index contributed by atoms with van der Waals surface area (Å²) in [5.74, 6) is 1.23. The van der Waals surface area contributed by atoms with E-state index in [1.54, 1.807) is 0 Å². The third-order valence-corrected chi connectivity index (χ3v) is 3.94. The van der Waals surface area contributed by atoms with Gasteiger partial charge in [0.15, 0.2) is 0 Å². The second-order valence-corrected chi connectivity index (χ2v) is 5.26. The van der Waals surface area contributed by atoms with Gasteiger partial charge in [0.1, 0.15) is 5.82 Å². The van der Waals surface area contributed by atoms with Crippen LogP contribution in [0.1, 0.15) is 48.1 Å². The van der Waals surface area contributed by atoms with Crippen molar-refractivity contribution < 1.29 is 0 Å². The van der Waals surface area contributed by atoms with E-state index in [-0.39, 0.29) is 6.04 Å². The standard InChI is InChI=1S/C16H20N4/c1-3-17-16(14-8-10-18-11(2)20-14)13-7-6-12-5-4-9-19-15(12)13/h4-5,8-10,13,16-17H,3,6-7H2,1-2H3. The van der Waals surface area contributed by atoms with Gasteiger partial charge in [0.25, 0.3) is 0 Å². The second-order valence-electron chi connectivity index (χ2n) is 5.26. The lowest BCUT2D eigenvalue weighted by atomic mass is 9.94. The molecule has 2 atom stereocenters. The molecule has 1 N–H and O–H groups in total.